The quantitative estimate of drug-likeness (QED) is 0.426. The highest BCUT2D eigenvalue weighted by molar-refractivity contribution is 5.98. The zero-order valence-electron chi connectivity index (χ0n) is 10.7. The monoisotopic (exact) mass is 264 g/mol. The van der Waals surface area contributed by atoms with E-state index >= 15 is 0 Å². The third-order valence-corrected chi connectivity index (χ3v) is 2.06. The lowest BCUT2D eigenvalue weighted by Gasteiger charge is -2.16. The van der Waals surface area contributed by atoms with Crippen LogP contribution in [0.2, 0.25) is 0 Å². The highest BCUT2D eigenvalue weighted by Gasteiger charge is 2.31. The van der Waals surface area contributed by atoms with Gasteiger partial charge in [0.15, 0.2) is 0 Å². The van der Waals surface area contributed by atoms with E-state index in [0.29, 0.717) is 5.75 Å². The van der Waals surface area contributed by atoms with Gasteiger partial charge in [0, 0.05) is 0 Å². The average Bonchev–Trinajstić information content (AvgIpc) is 2.43. The summed E-state index contributed by atoms with van der Waals surface area (Å²) in [7, 11) is 0. The molecule has 0 amide bonds. The first-order valence-corrected chi connectivity index (χ1v) is 5.85. The van der Waals surface area contributed by atoms with Crippen LogP contribution in [0.15, 0.2) is 43.0 Å². The predicted molar refractivity (Wildman–Crippen MR) is 68.6 cm³/mol. The maximum absolute atomic E-state index is 11.7. The van der Waals surface area contributed by atoms with Gasteiger partial charge in [-0.3, -0.25) is 0 Å². The fraction of sp³-hybridized carbons (Fsp3) is 0.286. The summed E-state index contributed by atoms with van der Waals surface area (Å²) >= 11 is 0. The van der Waals surface area contributed by atoms with Gasteiger partial charge in [-0.25, -0.2) is 9.59 Å². The first kappa shape index (κ1) is 14.8. The van der Waals surface area contributed by atoms with E-state index in [2.05, 4.69) is 6.58 Å². The Bertz CT molecular complexity index is 427. The molecule has 0 saturated heterocycles. The van der Waals surface area contributed by atoms with Crippen LogP contribution in [0.3, 0.4) is 0 Å². The molecule has 1 aromatic carbocycles. The Morgan fingerprint density at radius 2 is 1.84 bits per heavy atom. The second-order valence-corrected chi connectivity index (χ2v) is 3.48. The molecule has 0 fully saturated rings. The topological polar surface area (TPSA) is 61.8 Å². The molecule has 0 heterocycles. The number of ether oxygens (including phenoxy) is 3. The fourth-order valence-corrected chi connectivity index (χ4v) is 1.26. The minimum atomic E-state index is -1.43. The lowest BCUT2D eigenvalue weighted by Crippen LogP contribution is -2.38. The average molecular weight is 264 g/mol. The first-order valence-electron chi connectivity index (χ1n) is 5.85. The van der Waals surface area contributed by atoms with E-state index in [1.54, 1.807) is 37.3 Å². The fourth-order valence-electron chi connectivity index (χ4n) is 1.26. The third-order valence-electron chi connectivity index (χ3n) is 2.06. The third kappa shape index (κ3) is 4.83. The molecule has 19 heavy (non-hydrogen) atoms. The van der Waals surface area contributed by atoms with Gasteiger partial charge in [-0.2, -0.15) is 0 Å². The molecule has 1 unspecified atom stereocenters. The van der Waals surface area contributed by atoms with Crippen LogP contribution >= 0.6 is 0 Å². The van der Waals surface area contributed by atoms with E-state index in [1.807, 2.05) is 0 Å². The van der Waals surface area contributed by atoms with E-state index < -0.39 is 18.0 Å². The Kier molecular flexibility index (Phi) is 6.15. The number of carbonyl (C=O) groups excluding carboxylic acids is 2. The molecule has 0 aromatic heterocycles. The summed E-state index contributed by atoms with van der Waals surface area (Å²) in [6.45, 7) is 5.23. The summed E-state index contributed by atoms with van der Waals surface area (Å²) in [5, 5.41) is 0. The van der Waals surface area contributed by atoms with E-state index in [4.69, 9.17) is 14.2 Å². The van der Waals surface area contributed by atoms with Crippen molar-refractivity contribution in [3.8, 4) is 5.75 Å². The maximum Gasteiger partial charge on any atom is 0.359 e. The number of para-hydroxylation sites is 1. The minimum absolute atomic E-state index is 0.00683. The Hall–Kier alpha value is -2.30. The molecular weight excluding hydrogens is 248 g/mol. The van der Waals surface area contributed by atoms with Crippen molar-refractivity contribution < 1.29 is 23.8 Å². The van der Waals surface area contributed by atoms with Crippen LogP contribution in [-0.2, 0) is 19.1 Å². The van der Waals surface area contributed by atoms with Crippen molar-refractivity contribution >= 4 is 11.9 Å². The second kappa shape index (κ2) is 7.92. The molecule has 102 valence electrons. The highest BCUT2D eigenvalue weighted by Crippen LogP contribution is 2.12. The van der Waals surface area contributed by atoms with Crippen molar-refractivity contribution in [1.82, 2.24) is 0 Å². The Morgan fingerprint density at radius 1 is 1.21 bits per heavy atom. The zero-order valence-corrected chi connectivity index (χ0v) is 10.7. The molecular formula is C14H16O5. The van der Waals surface area contributed by atoms with Crippen molar-refractivity contribution in [3.63, 3.8) is 0 Å². The zero-order chi connectivity index (χ0) is 14.1. The maximum atomic E-state index is 11.7. The molecule has 0 bridgehead atoms. The van der Waals surface area contributed by atoms with E-state index in [0.717, 1.165) is 0 Å². The largest absolute Gasteiger partial charge is 0.467 e. The second-order valence-electron chi connectivity index (χ2n) is 3.48. The molecule has 0 radical (unpaired) electrons. The molecule has 1 rings (SSSR count). The molecule has 0 N–H and O–H groups in total. The van der Waals surface area contributed by atoms with Gasteiger partial charge in [-0.05, 0) is 19.1 Å². The first-order chi connectivity index (χ1) is 9.19. The van der Waals surface area contributed by atoms with Crippen LogP contribution in [-0.4, -0.2) is 31.3 Å². The van der Waals surface area contributed by atoms with Crippen LogP contribution in [0.25, 0.3) is 0 Å². The standard InChI is InChI=1S/C14H16O5/c1-3-10-18-14(16)12(13(15)17-4-2)19-11-8-6-5-7-9-11/h3,5-9,12H,1,4,10H2,2H3. The lowest BCUT2D eigenvalue weighted by atomic mass is 10.3. The van der Waals surface area contributed by atoms with Gasteiger partial charge in [-0.1, -0.05) is 30.9 Å². The van der Waals surface area contributed by atoms with Gasteiger partial charge in [-0.15, -0.1) is 0 Å². The summed E-state index contributed by atoms with van der Waals surface area (Å²) in [6.07, 6.45) is -0.0230. The van der Waals surface area contributed by atoms with Gasteiger partial charge in [0.1, 0.15) is 12.4 Å². The number of rotatable bonds is 7. The Morgan fingerprint density at radius 3 is 2.42 bits per heavy atom. The summed E-state index contributed by atoms with van der Waals surface area (Å²) in [5.41, 5.74) is 0. The Balaban J connectivity index is 2.77. The van der Waals surface area contributed by atoms with E-state index in [-0.39, 0.29) is 13.2 Å². The Labute approximate surface area is 111 Å². The van der Waals surface area contributed by atoms with Gasteiger partial charge in [0.2, 0.25) is 0 Å². The lowest BCUT2D eigenvalue weighted by molar-refractivity contribution is -0.165. The number of hydrogen-bond donors (Lipinski definition) is 0. The number of carbonyl (C=O) groups is 2. The molecule has 5 nitrogen and oxygen atoms in total. The van der Waals surface area contributed by atoms with Crippen LogP contribution in [0, 0.1) is 0 Å². The summed E-state index contributed by atoms with van der Waals surface area (Å²) < 4.78 is 14.9. The van der Waals surface area contributed by atoms with E-state index in [1.165, 1.54) is 6.08 Å². The molecule has 0 spiro atoms. The molecule has 5 heteroatoms. The molecule has 0 aliphatic rings. The molecule has 0 aliphatic heterocycles. The van der Waals surface area contributed by atoms with Crippen molar-refractivity contribution in [1.29, 1.82) is 0 Å². The van der Waals surface area contributed by atoms with Crippen LogP contribution in [0.1, 0.15) is 6.92 Å². The van der Waals surface area contributed by atoms with Crippen LogP contribution in [0.4, 0.5) is 0 Å². The predicted octanol–water partition coefficient (Wildman–Crippen LogP) is 1.73. The molecule has 1 aromatic rings. The van der Waals surface area contributed by atoms with E-state index in [9.17, 15) is 9.59 Å². The van der Waals surface area contributed by atoms with Gasteiger partial charge < -0.3 is 14.2 Å². The molecule has 0 aliphatic carbocycles. The smallest absolute Gasteiger partial charge is 0.359 e. The summed E-state index contributed by atoms with van der Waals surface area (Å²) in [6, 6.07) is 8.52. The number of esters is 2. The van der Waals surface area contributed by atoms with Gasteiger partial charge in [0.05, 0.1) is 6.61 Å². The van der Waals surface area contributed by atoms with Crippen molar-refractivity contribution in [2.24, 2.45) is 0 Å². The van der Waals surface area contributed by atoms with Crippen molar-refractivity contribution in [2.75, 3.05) is 13.2 Å². The van der Waals surface area contributed by atoms with Gasteiger partial charge in [0.25, 0.3) is 6.10 Å². The molecule has 1 atom stereocenters. The van der Waals surface area contributed by atoms with Crippen LogP contribution in [0.5, 0.6) is 5.75 Å². The highest BCUT2D eigenvalue weighted by atomic mass is 16.6. The summed E-state index contributed by atoms with van der Waals surface area (Å²) in [4.78, 5) is 23.4. The van der Waals surface area contributed by atoms with Gasteiger partial charge >= 0.3 is 11.9 Å². The normalized spacial score (nSPS) is 11.2. The number of benzene rings is 1. The van der Waals surface area contributed by atoms with Crippen molar-refractivity contribution in [3.05, 3.63) is 43.0 Å². The minimum Gasteiger partial charge on any atom is -0.467 e. The number of hydrogen-bond acceptors (Lipinski definition) is 5. The summed E-state index contributed by atoms with van der Waals surface area (Å²) in [5.74, 6) is -1.20. The van der Waals surface area contributed by atoms with Crippen LogP contribution < -0.4 is 4.74 Å². The SMILES string of the molecule is C=CCOC(=O)C(Oc1ccccc1)C(=O)OCC. The molecule has 0 saturated carbocycles. The van der Waals surface area contributed by atoms with Crippen molar-refractivity contribution in [2.45, 2.75) is 13.0 Å².